The summed E-state index contributed by atoms with van der Waals surface area (Å²) in [5, 5.41) is 1.34. The molecule has 0 spiro atoms. The monoisotopic (exact) mass is 446 g/mol. The minimum atomic E-state index is -0.196. The van der Waals surface area contributed by atoms with Gasteiger partial charge in [0.1, 0.15) is 5.82 Å². The number of likely N-dealkylation sites (N-methyl/N-ethyl adjacent to an activating group) is 1. The molecule has 4 heteroatoms. The van der Waals surface area contributed by atoms with E-state index in [2.05, 4.69) is 70.4 Å². The second-order valence-electron chi connectivity index (χ2n) is 6.76. The molecule has 0 amide bonds. The molecule has 2 nitrogen and oxygen atoms in total. The van der Waals surface area contributed by atoms with Crippen LogP contribution < -0.4 is 0 Å². The van der Waals surface area contributed by atoms with Crippen LogP contribution in [0.2, 0.25) is 0 Å². The minimum absolute atomic E-state index is 0.196. The molecule has 2 aromatic carbocycles. The SMILES string of the molecule is C/C(=C\n1c2c(c3cc(I)ccc31)CN(C)CC2)c1ccc(F)cc1. The Morgan fingerprint density at radius 1 is 1.16 bits per heavy atom. The van der Waals surface area contributed by atoms with Gasteiger partial charge in [-0.05, 0) is 83.6 Å². The van der Waals surface area contributed by atoms with Gasteiger partial charge in [-0.15, -0.1) is 0 Å². The summed E-state index contributed by atoms with van der Waals surface area (Å²) in [6.45, 7) is 4.15. The summed E-state index contributed by atoms with van der Waals surface area (Å²) in [7, 11) is 2.18. The molecule has 1 aromatic heterocycles. The van der Waals surface area contributed by atoms with Crippen LogP contribution in [-0.4, -0.2) is 23.1 Å². The number of hydrogen-bond acceptors (Lipinski definition) is 1. The molecule has 3 aromatic rings. The highest BCUT2D eigenvalue weighted by molar-refractivity contribution is 14.1. The molecule has 0 atom stereocenters. The third-order valence-corrected chi connectivity index (χ3v) is 5.63. The van der Waals surface area contributed by atoms with E-state index in [1.54, 1.807) is 0 Å². The van der Waals surface area contributed by atoms with E-state index in [1.165, 1.54) is 37.9 Å². The van der Waals surface area contributed by atoms with Gasteiger partial charge in [0.05, 0.1) is 5.52 Å². The topological polar surface area (TPSA) is 8.17 Å². The smallest absolute Gasteiger partial charge is 0.123 e. The quantitative estimate of drug-likeness (QED) is 0.480. The van der Waals surface area contributed by atoms with Crippen molar-refractivity contribution in [2.24, 2.45) is 0 Å². The molecule has 1 aliphatic rings. The highest BCUT2D eigenvalue weighted by Gasteiger charge is 2.21. The van der Waals surface area contributed by atoms with Crippen molar-refractivity contribution in [2.75, 3.05) is 13.6 Å². The first kappa shape index (κ1) is 16.8. The fraction of sp³-hybridized carbons (Fsp3) is 0.238. The van der Waals surface area contributed by atoms with Crippen LogP contribution in [-0.2, 0) is 13.0 Å². The summed E-state index contributed by atoms with van der Waals surface area (Å²) in [6, 6.07) is 13.4. The maximum atomic E-state index is 13.2. The fourth-order valence-electron chi connectivity index (χ4n) is 3.63. The number of aromatic nitrogens is 1. The van der Waals surface area contributed by atoms with E-state index in [1.807, 2.05) is 12.1 Å². The van der Waals surface area contributed by atoms with Crippen LogP contribution in [0.1, 0.15) is 23.7 Å². The van der Waals surface area contributed by atoms with Gasteiger partial charge >= 0.3 is 0 Å². The lowest BCUT2D eigenvalue weighted by atomic mass is 10.1. The Morgan fingerprint density at radius 3 is 2.68 bits per heavy atom. The summed E-state index contributed by atoms with van der Waals surface area (Å²) in [6.07, 6.45) is 3.25. The molecule has 2 heterocycles. The van der Waals surface area contributed by atoms with E-state index in [0.29, 0.717) is 0 Å². The van der Waals surface area contributed by atoms with E-state index in [0.717, 1.165) is 30.6 Å². The molecule has 0 fully saturated rings. The summed E-state index contributed by atoms with van der Waals surface area (Å²) in [4.78, 5) is 2.38. The molecule has 0 unspecified atom stereocenters. The molecular formula is C21H20FIN2. The van der Waals surface area contributed by atoms with Crippen LogP contribution in [0.15, 0.2) is 42.5 Å². The highest BCUT2D eigenvalue weighted by atomic mass is 127. The lowest BCUT2D eigenvalue weighted by Crippen LogP contribution is -2.26. The van der Waals surface area contributed by atoms with Crippen molar-refractivity contribution in [1.82, 2.24) is 9.47 Å². The van der Waals surface area contributed by atoms with E-state index in [-0.39, 0.29) is 5.82 Å². The largest absolute Gasteiger partial charge is 0.320 e. The molecule has 0 saturated heterocycles. The van der Waals surface area contributed by atoms with Crippen molar-refractivity contribution in [3.63, 3.8) is 0 Å². The summed E-state index contributed by atoms with van der Waals surface area (Å²) in [5.41, 5.74) is 6.27. The Morgan fingerprint density at radius 2 is 1.92 bits per heavy atom. The zero-order chi connectivity index (χ0) is 17.6. The number of hydrogen-bond donors (Lipinski definition) is 0. The Hall–Kier alpha value is -1.66. The molecule has 0 bridgehead atoms. The normalized spacial score (nSPS) is 15.6. The van der Waals surface area contributed by atoms with Crippen LogP contribution in [0.5, 0.6) is 0 Å². The first-order chi connectivity index (χ1) is 12.0. The number of fused-ring (bicyclic) bond motifs is 3. The van der Waals surface area contributed by atoms with Gasteiger partial charge < -0.3 is 9.47 Å². The summed E-state index contributed by atoms with van der Waals surface area (Å²) >= 11 is 2.38. The van der Waals surface area contributed by atoms with Crippen molar-refractivity contribution in [2.45, 2.75) is 19.9 Å². The fourth-order valence-corrected chi connectivity index (χ4v) is 4.12. The van der Waals surface area contributed by atoms with Crippen LogP contribution >= 0.6 is 22.6 Å². The molecule has 4 rings (SSSR count). The predicted octanol–water partition coefficient (Wildman–Crippen LogP) is 5.39. The Kier molecular flexibility index (Phi) is 4.41. The summed E-state index contributed by atoms with van der Waals surface area (Å²) < 4.78 is 16.8. The number of allylic oxidation sites excluding steroid dienone is 1. The zero-order valence-electron chi connectivity index (χ0n) is 14.4. The molecule has 128 valence electrons. The van der Waals surface area contributed by atoms with Crippen LogP contribution in [0.25, 0.3) is 22.7 Å². The van der Waals surface area contributed by atoms with Gasteiger partial charge in [0.15, 0.2) is 0 Å². The lowest BCUT2D eigenvalue weighted by molar-refractivity contribution is 0.312. The Bertz CT molecular complexity index is 970. The maximum Gasteiger partial charge on any atom is 0.123 e. The number of benzene rings is 2. The predicted molar refractivity (Wildman–Crippen MR) is 111 cm³/mol. The third-order valence-electron chi connectivity index (χ3n) is 4.96. The molecule has 0 aliphatic carbocycles. The highest BCUT2D eigenvalue weighted by Crippen LogP contribution is 2.33. The standard InChI is InChI=1S/C21H20FIN2/c1-14(15-3-5-16(22)6-4-15)12-25-20-8-7-17(23)11-18(20)19-13-24(2)10-9-21(19)25/h3-8,11-12H,9-10,13H2,1-2H3/b14-12+. The molecule has 0 radical (unpaired) electrons. The Balaban J connectivity index is 1.89. The van der Waals surface area contributed by atoms with Gasteiger partial charge in [0.2, 0.25) is 0 Å². The van der Waals surface area contributed by atoms with Crippen molar-refractivity contribution in [3.05, 3.63) is 68.7 Å². The van der Waals surface area contributed by atoms with Gasteiger partial charge in [-0.2, -0.15) is 0 Å². The van der Waals surface area contributed by atoms with Crippen molar-refractivity contribution >= 4 is 45.3 Å². The van der Waals surface area contributed by atoms with Crippen LogP contribution in [0.3, 0.4) is 0 Å². The first-order valence-corrected chi connectivity index (χ1v) is 9.55. The van der Waals surface area contributed by atoms with Crippen LogP contribution in [0, 0.1) is 9.39 Å². The van der Waals surface area contributed by atoms with Gasteiger partial charge in [-0.3, -0.25) is 0 Å². The van der Waals surface area contributed by atoms with Crippen LogP contribution in [0.4, 0.5) is 4.39 Å². The molecule has 1 aliphatic heterocycles. The van der Waals surface area contributed by atoms with Gasteiger partial charge in [-0.25, -0.2) is 4.39 Å². The van der Waals surface area contributed by atoms with Gasteiger partial charge in [0.25, 0.3) is 0 Å². The molecule has 25 heavy (non-hydrogen) atoms. The summed E-state index contributed by atoms with van der Waals surface area (Å²) in [5.74, 6) is -0.196. The zero-order valence-corrected chi connectivity index (χ0v) is 16.5. The molecule has 0 saturated carbocycles. The number of rotatable bonds is 2. The first-order valence-electron chi connectivity index (χ1n) is 8.47. The Labute approximate surface area is 161 Å². The van der Waals surface area contributed by atoms with E-state index in [4.69, 9.17) is 0 Å². The van der Waals surface area contributed by atoms with E-state index >= 15 is 0 Å². The van der Waals surface area contributed by atoms with E-state index < -0.39 is 0 Å². The van der Waals surface area contributed by atoms with Gasteiger partial charge in [-0.1, -0.05) is 12.1 Å². The second-order valence-corrected chi connectivity index (χ2v) is 8.01. The third kappa shape index (κ3) is 3.13. The van der Waals surface area contributed by atoms with Gasteiger partial charge in [0, 0.05) is 40.4 Å². The average molecular weight is 446 g/mol. The molecule has 0 N–H and O–H groups in total. The van der Waals surface area contributed by atoms with Crippen molar-refractivity contribution in [3.8, 4) is 0 Å². The number of halogens is 2. The minimum Gasteiger partial charge on any atom is -0.320 e. The van der Waals surface area contributed by atoms with Crippen molar-refractivity contribution < 1.29 is 4.39 Å². The van der Waals surface area contributed by atoms with E-state index in [9.17, 15) is 4.39 Å². The van der Waals surface area contributed by atoms with Crippen molar-refractivity contribution in [1.29, 1.82) is 0 Å². The lowest BCUT2D eigenvalue weighted by Gasteiger charge is -2.23. The molecular weight excluding hydrogens is 426 g/mol. The second kappa shape index (κ2) is 6.57. The number of nitrogens with zero attached hydrogens (tertiary/aromatic N) is 2. The average Bonchev–Trinajstić information content (AvgIpc) is 2.88. The maximum absolute atomic E-state index is 13.2.